The van der Waals surface area contributed by atoms with Crippen molar-refractivity contribution >= 4 is 0 Å². The lowest BCUT2D eigenvalue weighted by Gasteiger charge is -2.18. The molecule has 3 N–H and O–H groups in total. The molecule has 0 spiro atoms. The summed E-state index contributed by atoms with van der Waals surface area (Å²) < 4.78 is 5.25. The largest absolute Gasteiger partial charge is 0.496 e. The van der Waals surface area contributed by atoms with Crippen molar-refractivity contribution in [1.29, 1.82) is 0 Å². The van der Waals surface area contributed by atoms with Gasteiger partial charge in [0.1, 0.15) is 11.9 Å². The highest BCUT2D eigenvalue weighted by atomic mass is 16.5. The van der Waals surface area contributed by atoms with E-state index in [1.807, 2.05) is 6.08 Å². The van der Waals surface area contributed by atoms with Gasteiger partial charge in [-0.1, -0.05) is 0 Å². The third kappa shape index (κ3) is 2.52. The second kappa shape index (κ2) is 4.36. The lowest BCUT2D eigenvalue weighted by Crippen LogP contribution is -2.19. The Kier molecular flexibility index (Phi) is 3.39. The van der Waals surface area contributed by atoms with Gasteiger partial charge in [0.2, 0.25) is 0 Å². The van der Waals surface area contributed by atoms with E-state index in [0.29, 0.717) is 18.7 Å². The second-order valence-electron chi connectivity index (χ2n) is 2.69. The Balaban J connectivity index is 2.37. The highest BCUT2D eigenvalue weighted by Gasteiger charge is 2.13. The predicted octanol–water partition coefficient (Wildman–Crippen LogP) is 0.390. The first-order valence-electron chi connectivity index (χ1n) is 4.05. The average molecular weight is 157 g/mol. The van der Waals surface area contributed by atoms with E-state index in [1.54, 1.807) is 0 Å². The number of aliphatic hydroxyl groups excluding tert-OH is 1. The number of aliphatic hydroxyl groups is 1. The second-order valence-corrected chi connectivity index (χ2v) is 2.69. The molecule has 3 heteroatoms. The maximum absolute atomic E-state index is 9.40. The molecule has 3 nitrogen and oxygen atoms in total. The summed E-state index contributed by atoms with van der Waals surface area (Å²) >= 11 is 0. The summed E-state index contributed by atoms with van der Waals surface area (Å²) in [5, 5.41) is 9.40. The number of ether oxygens (including phenoxy) is 1. The van der Waals surface area contributed by atoms with Gasteiger partial charge in [-0.3, -0.25) is 0 Å². The molecule has 0 aromatic rings. The summed E-state index contributed by atoms with van der Waals surface area (Å²) in [7, 11) is 0. The predicted molar refractivity (Wildman–Crippen MR) is 42.9 cm³/mol. The van der Waals surface area contributed by atoms with Crippen molar-refractivity contribution in [3.63, 3.8) is 0 Å². The molecule has 1 aliphatic heterocycles. The zero-order valence-corrected chi connectivity index (χ0v) is 6.62. The molecular weight excluding hydrogens is 142 g/mol. The zero-order chi connectivity index (χ0) is 8.10. The Hall–Kier alpha value is -0.540. The van der Waals surface area contributed by atoms with E-state index in [2.05, 4.69) is 0 Å². The molecule has 0 fully saturated rings. The standard InChI is InChI=1S/C8H15NO2/c9-5-4-7(10)8-3-1-2-6-11-8/h3,7,10H,1-2,4-6,9H2. The fourth-order valence-corrected chi connectivity index (χ4v) is 1.11. The van der Waals surface area contributed by atoms with Crippen molar-refractivity contribution in [1.82, 2.24) is 0 Å². The van der Waals surface area contributed by atoms with Crippen LogP contribution in [0.5, 0.6) is 0 Å². The van der Waals surface area contributed by atoms with Gasteiger partial charge in [0, 0.05) is 0 Å². The maximum Gasteiger partial charge on any atom is 0.121 e. The third-order valence-electron chi connectivity index (χ3n) is 1.73. The van der Waals surface area contributed by atoms with Gasteiger partial charge in [-0.2, -0.15) is 0 Å². The van der Waals surface area contributed by atoms with Crippen LogP contribution in [0.4, 0.5) is 0 Å². The number of hydrogen-bond donors (Lipinski definition) is 2. The van der Waals surface area contributed by atoms with E-state index in [1.165, 1.54) is 0 Å². The van der Waals surface area contributed by atoms with Gasteiger partial charge >= 0.3 is 0 Å². The molecule has 1 unspecified atom stereocenters. The molecule has 0 aliphatic carbocycles. The first-order valence-corrected chi connectivity index (χ1v) is 4.05. The molecule has 0 aromatic carbocycles. The van der Waals surface area contributed by atoms with Crippen LogP contribution in [0.1, 0.15) is 19.3 Å². The summed E-state index contributed by atoms with van der Waals surface area (Å²) in [6.07, 6.45) is 4.12. The molecule has 1 aliphatic rings. The minimum atomic E-state index is -0.486. The Labute approximate surface area is 66.8 Å². The molecule has 0 bridgehead atoms. The molecule has 64 valence electrons. The zero-order valence-electron chi connectivity index (χ0n) is 6.62. The Morgan fingerprint density at radius 2 is 2.55 bits per heavy atom. The van der Waals surface area contributed by atoms with Crippen molar-refractivity contribution in [3.8, 4) is 0 Å². The fourth-order valence-electron chi connectivity index (χ4n) is 1.11. The first kappa shape index (κ1) is 8.56. The molecular formula is C8H15NO2. The lowest BCUT2D eigenvalue weighted by atomic mass is 10.1. The smallest absolute Gasteiger partial charge is 0.121 e. The number of nitrogens with two attached hydrogens (primary N) is 1. The summed E-state index contributed by atoms with van der Waals surface area (Å²) in [5.74, 6) is 0.710. The van der Waals surface area contributed by atoms with Crippen molar-refractivity contribution in [2.75, 3.05) is 13.2 Å². The molecule has 0 saturated carbocycles. The lowest BCUT2D eigenvalue weighted by molar-refractivity contribution is 0.0881. The van der Waals surface area contributed by atoms with Crippen LogP contribution in [0.2, 0.25) is 0 Å². The normalized spacial score (nSPS) is 20.4. The van der Waals surface area contributed by atoms with Crippen molar-refractivity contribution in [2.24, 2.45) is 5.73 Å². The van der Waals surface area contributed by atoms with Crippen LogP contribution in [0, 0.1) is 0 Å². The Morgan fingerprint density at radius 3 is 3.09 bits per heavy atom. The molecule has 0 radical (unpaired) electrons. The maximum atomic E-state index is 9.40. The van der Waals surface area contributed by atoms with Crippen molar-refractivity contribution in [2.45, 2.75) is 25.4 Å². The third-order valence-corrected chi connectivity index (χ3v) is 1.73. The van der Waals surface area contributed by atoms with E-state index in [-0.39, 0.29) is 0 Å². The topological polar surface area (TPSA) is 55.5 Å². The Morgan fingerprint density at radius 1 is 1.73 bits per heavy atom. The van der Waals surface area contributed by atoms with Gasteiger partial charge in [-0.05, 0) is 31.9 Å². The summed E-state index contributed by atoms with van der Waals surface area (Å²) in [4.78, 5) is 0. The minimum Gasteiger partial charge on any atom is -0.496 e. The molecule has 1 rings (SSSR count). The molecule has 0 amide bonds. The van der Waals surface area contributed by atoms with Crippen LogP contribution in [0.3, 0.4) is 0 Å². The minimum absolute atomic E-state index is 0.486. The van der Waals surface area contributed by atoms with Crippen LogP contribution in [-0.2, 0) is 4.74 Å². The summed E-state index contributed by atoms with van der Waals surface area (Å²) in [6, 6.07) is 0. The van der Waals surface area contributed by atoms with Crippen LogP contribution >= 0.6 is 0 Å². The van der Waals surface area contributed by atoms with Gasteiger partial charge < -0.3 is 15.6 Å². The number of allylic oxidation sites excluding steroid dienone is 1. The van der Waals surface area contributed by atoms with Gasteiger partial charge in [0.05, 0.1) is 6.61 Å². The average Bonchev–Trinajstić information content (AvgIpc) is 2.07. The van der Waals surface area contributed by atoms with Crippen molar-refractivity contribution < 1.29 is 9.84 Å². The van der Waals surface area contributed by atoms with Gasteiger partial charge in [-0.15, -0.1) is 0 Å². The highest BCUT2D eigenvalue weighted by Crippen LogP contribution is 2.14. The highest BCUT2D eigenvalue weighted by molar-refractivity contribution is 5.01. The summed E-state index contributed by atoms with van der Waals surface area (Å²) in [5.41, 5.74) is 5.29. The van der Waals surface area contributed by atoms with E-state index >= 15 is 0 Å². The molecule has 1 heterocycles. The fraction of sp³-hybridized carbons (Fsp3) is 0.750. The molecule has 1 atom stereocenters. The van der Waals surface area contributed by atoms with E-state index in [0.717, 1.165) is 19.4 Å². The van der Waals surface area contributed by atoms with Gasteiger partial charge in [-0.25, -0.2) is 0 Å². The van der Waals surface area contributed by atoms with E-state index < -0.39 is 6.10 Å². The van der Waals surface area contributed by atoms with Gasteiger partial charge in [0.15, 0.2) is 0 Å². The molecule has 11 heavy (non-hydrogen) atoms. The Bertz CT molecular complexity index is 145. The SMILES string of the molecule is NCCC(O)C1=CCCCO1. The van der Waals surface area contributed by atoms with Crippen LogP contribution in [0.15, 0.2) is 11.8 Å². The molecule has 0 saturated heterocycles. The van der Waals surface area contributed by atoms with E-state index in [9.17, 15) is 5.11 Å². The van der Waals surface area contributed by atoms with Gasteiger partial charge in [0.25, 0.3) is 0 Å². The number of rotatable bonds is 3. The monoisotopic (exact) mass is 157 g/mol. The quantitative estimate of drug-likeness (QED) is 0.623. The first-order chi connectivity index (χ1) is 5.34. The van der Waals surface area contributed by atoms with Crippen LogP contribution < -0.4 is 5.73 Å². The van der Waals surface area contributed by atoms with E-state index in [4.69, 9.17) is 10.5 Å². The van der Waals surface area contributed by atoms with Crippen molar-refractivity contribution in [3.05, 3.63) is 11.8 Å². The summed E-state index contributed by atoms with van der Waals surface area (Å²) in [6.45, 7) is 1.23. The van der Waals surface area contributed by atoms with Crippen LogP contribution in [0.25, 0.3) is 0 Å². The molecule has 0 aromatic heterocycles. The van der Waals surface area contributed by atoms with Crippen LogP contribution in [-0.4, -0.2) is 24.4 Å². The number of hydrogen-bond acceptors (Lipinski definition) is 3.